The summed E-state index contributed by atoms with van der Waals surface area (Å²) in [6, 6.07) is 7.39. The molecule has 1 N–H and O–H groups in total. The third-order valence-corrected chi connectivity index (χ3v) is 4.96. The zero-order valence-corrected chi connectivity index (χ0v) is 16.3. The first-order chi connectivity index (χ1) is 12.4. The van der Waals surface area contributed by atoms with Crippen LogP contribution < -0.4 is 10.1 Å². The molecule has 7 heteroatoms. The molecule has 136 valence electrons. The molecule has 2 aromatic rings. The third-order valence-electron chi connectivity index (χ3n) is 4.04. The van der Waals surface area contributed by atoms with E-state index >= 15 is 0 Å². The average Bonchev–Trinajstić information content (AvgIpc) is 3.15. The van der Waals surface area contributed by atoms with E-state index in [0.717, 1.165) is 21.9 Å². The second-order valence-corrected chi connectivity index (χ2v) is 6.77. The van der Waals surface area contributed by atoms with Crippen molar-refractivity contribution in [1.29, 1.82) is 0 Å². The minimum atomic E-state index is -0.154. The van der Waals surface area contributed by atoms with Gasteiger partial charge in [0.25, 0.3) is 5.91 Å². The van der Waals surface area contributed by atoms with Gasteiger partial charge < -0.3 is 14.5 Å². The van der Waals surface area contributed by atoms with Crippen LogP contribution in [0, 0.1) is 13.8 Å². The molecule has 0 aliphatic carbocycles. The van der Waals surface area contributed by atoms with Gasteiger partial charge in [-0.1, -0.05) is 11.6 Å². The van der Waals surface area contributed by atoms with Crippen molar-refractivity contribution in [1.82, 2.24) is 10.2 Å². The number of aryl methyl sites for hydroxylation is 2. The largest absolute Gasteiger partial charge is 0.486 e. The lowest BCUT2D eigenvalue weighted by Crippen LogP contribution is -2.30. The Bertz CT molecular complexity index is 881. The zero-order valence-electron chi connectivity index (χ0n) is 14.8. The van der Waals surface area contributed by atoms with Crippen LogP contribution in [0.4, 0.5) is 0 Å². The number of hydrogen-bond donors (Lipinski definition) is 1. The molecule has 0 spiro atoms. The number of nitrogens with one attached hydrogen (secondary N) is 1. The van der Waals surface area contributed by atoms with Gasteiger partial charge in [0.1, 0.15) is 29.6 Å². The first-order valence-electron chi connectivity index (χ1n) is 8.22. The van der Waals surface area contributed by atoms with E-state index < -0.39 is 0 Å². The minimum Gasteiger partial charge on any atom is -0.486 e. The molecule has 0 radical (unpaired) electrons. The first-order valence-corrected chi connectivity index (χ1v) is 9.00. The van der Waals surface area contributed by atoms with Gasteiger partial charge in [0.2, 0.25) is 0 Å². The molecule has 5 nitrogen and oxygen atoms in total. The Morgan fingerprint density at radius 1 is 1.31 bits per heavy atom. The quantitative estimate of drug-likeness (QED) is 0.612. The SMILES string of the molecule is CCN1C(=O)/C(=C\c2ccc(COc3cc(C)c(Cl)c(C)c3)o2)NC1=S. The van der Waals surface area contributed by atoms with E-state index in [4.69, 9.17) is 33.0 Å². The number of carbonyl (C=O) groups excluding carboxylic acids is 1. The van der Waals surface area contributed by atoms with Crippen LogP contribution in [0.1, 0.15) is 29.6 Å². The monoisotopic (exact) mass is 390 g/mol. The number of halogens is 1. The highest BCUT2D eigenvalue weighted by molar-refractivity contribution is 7.80. The van der Waals surface area contributed by atoms with Crippen molar-refractivity contribution in [3.8, 4) is 5.75 Å². The molecule has 0 saturated carbocycles. The number of hydrogen-bond acceptors (Lipinski definition) is 4. The number of furan rings is 1. The second-order valence-electron chi connectivity index (χ2n) is 6.00. The van der Waals surface area contributed by atoms with E-state index in [-0.39, 0.29) is 12.5 Å². The number of nitrogens with zero attached hydrogens (tertiary/aromatic N) is 1. The molecule has 1 amide bonds. The minimum absolute atomic E-state index is 0.154. The normalized spacial score (nSPS) is 15.7. The molecule has 2 heterocycles. The fourth-order valence-corrected chi connectivity index (χ4v) is 3.13. The predicted molar refractivity (Wildman–Crippen MR) is 105 cm³/mol. The molecule has 1 aromatic heterocycles. The smallest absolute Gasteiger partial charge is 0.276 e. The third kappa shape index (κ3) is 3.76. The van der Waals surface area contributed by atoms with E-state index in [1.54, 1.807) is 12.1 Å². The molecule has 0 atom stereocenters. The van der Waals surface area contributed by atoms with Gasteiger partial charge in [-0.3, -0.25) is 9.69 Å². The van der Waals surface area contributed by atoms with Crippen LogP contribution in [0.15, 0.2) is 34.4 Å². The number of thiocarbonyl (C=S) groups is 1. The van der Waals surface area contributed by atoms with Gasteiger partial charge in [-0.25, -0.2) is 0 Å². The lowest BCUT2D eigenvalue weighted by atomic mass is 10.1. The van der Waals surface area contributed by atoms with E-state index in [2.05, 4.69) is 5.32 Å². The van der Waals surface area contributed by atoms with Gasteiger partial charge in [0.05, 0.1) is 0 Å². The van der Waals surface area contributed by atoms with Gasteiger partial charge in [-0.05, 0) is 68.4 Å². The molecule has 26 heavy (non-hydrogen) atoms. The van der Waals surface area contributed by atoms with Crippen LogP contribution in [0.2, 0.25) is 5.02 Å². The molecular weight excluding hydrogens is 372 g/mol. The Morgan fingerprint density at radius 3 is 2.62 bits per heavy atom. The highest BCUT2D eigenvalue weighted by Gasteiger charge is 2.29. The van der Waals surface area contributed by atoms with E-state index in [0.29, 0.717) is 28.9 Å². The van der Waals surface area contributed by atoms with Crippen LogP contribution in [0.3, 0.4) is 0 Å². The molecule has 1 aliphatic heterocycles. The number of likely N-dealkylation sites (N-methyl/N-ethyl adjacent to an activating group) is 1. The first kappa shape index (κ1) is 18.5. The summed E-state index contributed by atoms with van der Waals surface area (Å²) in [6.07, 6.45) is 1.64. The summed E-state index contributed by atoms with van der Waals surface area (Å²) >= 11 is 11.3. The van der Waals surface area contributed by atoms with Crippen molar-refractivity contribution < 1.29 is 13.9 Å². The Hall–Kier alpha value is -2.31. The summed E-state index contributed by atoms with van der Waals surface area (Å²) in [7, 11) is 0. The number of amides is 1. The highest BCUT2D eigenvalue weighted by Crippen LogP contribution is 2.26. The standard InChI is InChI=1S/C19H19ClN2O3S/c1-4-22-18(23)16(21-19(22)26)9-13-5-6-14(25-13)10-24-15-7-11(2)17(20)12(3)8-15/h5-9H,4,10H2,1-3H3,(H,21,26)/b16-9+. The lowest BCUT2D eigenvalue weighted by molar-refractivity contribution is -0.122. The summed E-state index contributed by atoms with van der Waals surface area (Å²) in [4.78, 5) is 13.7. The van der Waals surface area contributed by atoms with Gasteiger partial charge in [-0.15, -0.1) is 0 Å². The van der Waals surface area contributed by atoms with Crippen molar-refractivity contribution in [3.05, 3.63) is 57.6 Å². The van der Waals surface area contributed by atoms with Crippen molar-refractivity contribution in [3.63, 3.8) is 0 Å². The van der Waals surface area contributed by atoms with Crippen molar-refractivity contribution >= 4 is 40.9 Å². The zero-order chi connectivity index (χ0) is 18.8. The van der Waals surface area contributed by atoms with Crippen LogP contribution in [0.5, 0.6) is 5.75 Å². The summed E-state index contributed by atoms with van der Waals surface area (Å²) < 4.78 is 11.5. The molecule has 3 rings (SSSR count). The number of carbonyl (C=O) groups is 1. The fraction of sp³-hybridized carbons (Fsp3) is 0.263. The number of ether oxygens (including phenoxy) is 1. The Labute approximate surface area is 162 Å². The van der Waals surface area contributed by atoms with Gasteiger partial charge >= 0.3 is 0 Å². The van der Waals surface area contributed by atoms with Crippen LogP contribution in [0.25, 0.3) is 6.08 Å². The topological polar surface area (TPSA) is 54.7 Å². The van der Waals surface area contributed by atoms with Crippen molar-refractivity contribution in [2.75, 3.05) is 6.54 Å². The number of benzene rings is 1. The maximum absolute atomic E-state index is 12.2. The second kappa shape index (κ2) is 7.51. The predicted octanol–water partition coefficient (Wildman–Crippen LogP) is 4.21. The van der Waals surface area contributed by atoms with Crippen LogP contribution in [-0.4, -0.2) is 22.5 Å². The molecule has 0 bridgehead atoms. The summed E-state index contributed by atoms with van der Waals surface area (Å²) in [6.45, 7) is 6.56. The molecule has 0 unspecified atom stereocenters. The highest BCUT2D eigenvalue weighted by atomic mass is 35.5. The number of rotatable bonds is 5. The Balaban J connectivity index is 1.68. The lowest BCUT2D eigenvalue weighted by Gasteiger charge is -2.09. The fourth-order valence-electron chi connectivity index (χ4n) is 2.69. The molecule has 1 saturated heterocycles. The van der Waals surface area contributed by atoms with Crippen molar-refractivity contribution in [2.45, 2.75) is 27.4 Å². The van der Waals surface area contributed by atoms with Gasteiger partial charge in [0.15, 0.2) is 5.11 Å². The maximum Gasteiger partial charge on any atom is 0.276 e. The van der Waals surface area contributed by atoms with Gasteiger partial charge in [0, 0.05) is 17.6 Å². The summed E-state index contributed by atoms with van der Waals surface area (Å²) in [5.74, 6) is 1.79. The van der Waals surface area contributed by atoms with E-state index in [1.165, 1.54) is 4.90 Å². The molecule has 1 fully saturated rings. The van der Waals surface area contributed by atoms with Crippen molar-refractivity contribution in [2.24, 2.45) is 0 Å². The van der Waals surface area contributed by atoms with Crippen LogP contribution in [-0.2, 0) is 11.4 Å². The maximum atomic E-state index is 12.2. The Morgan fingerprint density at radius 2 is 2.00 bits per heavy atom. The van der Waals surface area contributed by atoms with E-state index in [1.807, 2.05) is 39.0 Å². The summed E-state index contributed by atoms with van der Waals surface area (Å²) in [5, 5.41) is 4.06. The molecule has 1 aromatic carbocycles. The van der Waals surface area contributed by atoms with Gasteiger partial charge in [-0.2, -0.15) is 0 Å². The molecular formula is C19H19ClN2O3S. The Kier molecular flexibility index (Phi) is 5.34. The van der Waals surface area contributed by atoms with Crippen LogP contribution >= 0.6 is 23.8 Å². The molecule has 1 aliphatic rings. The van der Waals surface area contributed by atoms with E-state index in [9.17, 15) is 4.79 Å². The average molecular weight is 391 g/mol. The summed E-state index contributed by atoms with van der Waals surface area (Å²) in [5.41, 5.74) is 2.34.